The highest BCUT2D eigenvalue weighted by atomic mass is 16.3. The van der Waals surface area contributed by atoms with Gasteiger partial charge >= 0.3 is 0 Å². The number of para-hydroxylation sites is 3. The topological polar surface area (TPSA) is 124 Å². The van der Waals surface area contributed by atoms with Crippen LogP contribution >= 0.6 is 0 Å². The summed E-state index contributed by atoms with van der Waals surface area (Å²) in [4.78, 5) is 10.5. The van der Waals surface area contributed by atoms with Crippen LogP contribution in [0.15, 0.2) is 42.5 Å². The third-order valence-electron chi connectivity index (χ3n) is 2.16. The molecule has 0 atom stereocenters. The van der Waals surface area contributed by atoms with Gasteiger partial charge in [-0.25, -0.2) is 0 Å². The summed E-state index contributed by atoms with van der Waals surface area (Å²) < 4.78 is 0. The largest absolute Gasteiger partial charge is 0.504 e. The van der Waals surface area contributed by atoms with Gasteiger partial charge in [-0.2, -0.15) is 0 Å². The van der Waals surface area contributed by atoms with E-state index in [1.54, 1.807) is 12.1 Å². The number of hydrogen-bond acceptors (Lipinski definition) is 5. The van der Waals surface area contributed by atoms with E-state index in [4.69, 9.17) is 26.2 Å². The number of phenols is 4. The Bertz CT molecular complexity index is 562. The first-order chi connectivity index (χ1) is 8.93. The molecule has 0 aromatic heterocycles. The van der Waals surface area contributed by atoms with Crippen molar-refractivity contribution >= 4 is 5.91 Å². The molecule has 0 aliphatic carbocycles. The third-order valence-corrected chi connectivity index (χ3v) is 2.16. The van der Waals surface area contributed by atoms with Crippen molar-refractivity contribution in [2.45, 2.75) is 0 Å². The van der Waals surface area contributed by atoms with Gasteiger partial charge in [-0.3, -0.25) is 4.79 Å². The fraction of sp³-hybridized carbons (Fsp3) is 0. The zero-order valence-corrected chi connectivity index (χ0v) is 9.82. The van der Waals surface area contributed by atoms with Gasteiger partial charge in [-0.05, 0) is 24.3 Å². The zero-order chi connectivity index (χ0) is 14.4. The maximum atomic E-state index is 10.5. The highest BCUT2D eigenvalue weighted by molar-refractivity contribution is 5.96. The van der Waals surface area contributed by atoms with E-state index in [2.05, 4.69) is 0 Å². The Morgan fingerprint density at radius 2 is 1.26 bits per heavy atom. The highest BCUT2D eigenvalue weighted by Crippen LogP contribution is 2.27. The van der Waals surface area contributed by atoms with Gasteiger partial charge in [0.15, 0.2) is 23.0 Å². The Hall–Kier alpha value is -2.89. The van der Waals surface area contributed by atoms with Crippen LogP contribution in [0.1, 0.15) is 10.4 Å². The molecule has 0 radical (unpaired) electrons. The van der Waals surface area contributed by atoms with Crippen molar-refractivity contribution in [3.05, 3.63) is 48.0 Å². The molecule has 0 unspecified atom stereocenters. The molecule has 6 N–H and O–H groups in total. The number of aromatic hydroxyl groups is 4. The van der Waals surface area contributed by atoms with Crippen molar-refractivity contribution in [2.75, 3.05) is 0 Å². The Kier molecular flexibility index (Phi) is 4.59. The Labute approximate surface area is 109 Å². The second-order valence-electron chi connectivity index (χ2n) is 3.53. The van der Waals surface area contributed by atoms with Gasteiger partial charge in [0.05, 0.1) is 5.56 Å². The number of hydrogen-bond donors (Lipinski definition) is 5. The van der Waals surface area contributed by atoms with Crippen molar-refractivity contribution in [3.8, 4) is 23.0 Å². The molecule has 0 aliphatic rings. The predicted molar refractivity (Wildman–Crippen MR) is 68.1 cm³/mol. The Morgan fingerprint density at radius 1 is 0.789 bits per heavy atom. The smallest absolute Gasteiger partial charge is 0.252 e. The molecule has 0 fully saturated rings. The number of amides is 1. The standard InChI is InChI=1S/C7H7NO3.C6H6O2/c8-7(11)4-2-1-3-5(9)6(4)10;7-5-3-1-2-4-6(5)8/h1-3,9-10H,(H2,8,11);1-4,7-8H. The normalized spacial score (nSPS) is 9.26. The summed E-state index contributed by atoms with van der Waals surface area (Å²) in [6, 6.07) is 10.2. The van der Waals surface area contributed by atoms with Crippen molar-refractivity contribution in [2.24, 2.45) is 5.73 Å². The van der Waals surface area contributed by atoms with Crippen LogP contribution in [0.2, 0.25) is 0 Å². The van der Waals surface area contributed by atoms with E-state index in [1.165, 1.54) is 30.3 Å². The second kappa shape index (κ2) is 6.15. The molecule has 19 heavy (non-hydrogen) atoms. The van der Waals surface area contributed by atoms with Crippen LogP contribution in [0, 0.1) is 0 Å². The highest BCUT2D eigenvalue weighted by Gasteiger charge is 2.09. The Morgan fingerprint density at radius 3 is 1.63 bits per heavy atom. The lowest BCUT2D eigenvalue weighted by molar-refractivity contribution is 0.0997. The number of primary amides is 1. The van der Waals surface area contributed by atoms with E-state index in [0.717, 1.165) is 0 Å². The predicted octanol–water partition coefficient (Wildman–Crippen LogP) is 1.29. The number of carbonyl (C=O) groups is 1. The molecular weight excluding hydrogens is 250 g/mol. The van der Waals surface area contributed by atoms with Gasteiger partial charge in [-0.1, -0.05) is 18.2 Å². The summed E-state index contributed by atoms with van der Waals surface area (Å²) in [5.41, 5.74) is 4.79. The lowest BCUT2D eigenvalue weighted by Gasteiger charge is -2.00. The number of nitrogens with two attached hydrogens (primary N) is 1. The summed E-state index contributed by atoms with van der Waals surface area (Å²) in [6.45, 7) is 0. The summed E-state index contributed by atoms with van der Waals surface area (Å²) in [7, 11) is 0. The summed E-state index contributed by atoms with van der Waals surface area (Å²) in [5, 5.41) is 35.2. The van der Waals surface area contributed by atoms with Crippen LogP contribution in [0.5, 0.6) is 23.0 Å². The van der Waals surface area contributed by atoms with Gasteiger partial charge in [0.25, 0.3) is 5.91 Å². The first-order valence-electron chi connectivity index (χ1n) is 5.21. The number of benzene rings is 2. The van der Waals surface area contributed by atoms with E-state index in [9.17, 15) is 4.79 Å². The maximum Gasteiger partial charge on any atom is 0.252 e. The molecule has 2 rings (SSSR count). The van der Waals surface area contributed by atoms with Crippen molar-refractivity contribution in [1.29, 1.82) is 0 Å². The molecule has 0 saturated carbocycles. The van der Waals surface area contributed by atoms with Crippen LogP contribution in [-0.2, 0) is 0 Å². The molecule has 0 bridgehead atoms. The van der Waals surface area contributed by atoms with Gasteiger partial charge in [-0.15, -0.1) is 0 Å². The minimum Gasteiger partial charge on any atom is -0.504 e. The number of rotatable bonds is 1. The minimum absolute atomic E-state index is 0.0764. The van der Waals surface area contributed by atoms with Crippen LogP contribution in [0.3, 0.4) is 0 Å². The van der Waals surface area contributed by atoms with E-state index < -0.39 is 11.7 Å². The molecule has 0 saturated heterocycles. The lowest BCUT2D eigenvalue weighted by Crippen LogP contribution is -2.10. The van der Waals surface area contributed by atoms with Crippen LogP contribution in [0.4, 0.5) is 0 Å². The van der Waals surface area contributed by atoms with Crippen molar-refractivity contribution in [1.82, 2.24) is 0 Å². The summed E-state index contributed by atoms with van der Waals surface area (Å²) in [5.74, 6) is -1.74. The van der Waals surface area contributed by atoms with E-state index in [-0.39, 0.29) is 22.8 Å². The van der Waals surface area contributed by atoms with Crippen molar-refractivity contribution < 1.29 is 25.2 Å². The third kappa shape index (κ3) is 3.81. The molecule has 6 heteroatoms. The second-order valence-corrected chi connectivity index (χ2v) is 3.53. The average Bonchev–Trinajstić information content (AvgIpc) is 2.37. The van der Waals surface area contributed by atoms with Crippen LogP contribution in [0.25, 0.3) is 0 Å². The lowest BCUT2D eigenvalue weighted by atomic mass is 10.2. The molecule has 6 nitrogen and oxygen atoms in total. The summed E-state index contributed by atoms with van der Waals surface area (Å²) >= 11 is 0. The van der Waals surface area contributed by atoms with Gasteiger partial charge in [0.1, 0.15) is 0 Å². The van der Waals surface area contributed by atoms with E-state index in [1.807, 2.05) is 0 Å². The van der Waals surface area contributed by atoms with Crippen molar-refractivity contribution in [3.63, 3.8) is 0 Å². The quantitative estimate of drug-likeness (QED) is 0.496. The van der Waals surface area contributed by atoms with Crippen LogP contribution < -0.4 is 5.73 Å². The molecule has 0 aliphatic heterocycles. The molecule has 0 spiro atoms. The zero-order valence-electron chi connectivity index (χ0n) is 9.82. The molecular formula is C13H13NO5. The fourth-order valence-electron chi connectivity index (χ4n) is 1.19. The Balaban J connectivity index is 0.000000200. The van der Waals surface area contributed by atoms with E-state index in [0.29, 0.717) is 0 Å². The minimum atomic E-state index is -0.765. The maximum absolute atomic E-state index is 10.5. The first-order valence-corrected chi connectivity index (χ1v) is 5.21. The van der Waals surface area contributed by atoms with Gasteiger partial charge < -0.3 is 26.2 Å². The van der Waals surface area contributed by atoms with E-state index >= 15 is 0 Å². The SMILES string of the molecule is NC(=O)c1cccc(O)c1O.Oc1ccccc1O. The van der Waals surface area contributed by atoms with Crippen LogP contribution in [-0.4, -0.2) is 26.3 Å². The molecule has 2 aromatic carbocycles. The monoisotopic (exact) mass is 263 g/mol. The average molecular weight is 263 g/mol. The molecule has 2 aromatic rings. The number of carbonyl (C=O) groups excluding carboxylic acids is 1. The first kappa shape index (κ1) is 14.2. The number of phenolic OH excluding ortho intramolecular Hbond substituents is 3. The van der Waals surface area contributed by atoms with Gasteiger partial charge in [0.2, 0.25) is 0 Å². The molecule has 1 amide bonds. The molecule has 100 valence electrons. The van der Waals surface area contributed by atoms with Gasteiger partial charge in [0, 0.05) is 0 Å². The summed E-state index contributed by atoms with van der Waals surface area (Å²) in [6.07, 6.45) is 0. The molecule has 0 heterocycles. The fourth-order valence-corrected chi connectivity index (χ4v) is 1.19.